The predicted molar refractivity (Wildman–Crippen MR) is 46.0 cm³/mol. The van der Waals surface area contributed by atoms with Gasteiger partial charge in [-0.05, 0) is 12.8 Å². The summed E-state index contributed by atoms with van der Waals surface area (Å²) < 4.78 is 4.94. The molecule has 0 aromatic carbocycles. The van der Waals surface area contributed by atoms with Crippen molar-refractivity contribution in [2.45, 2.75) is 25.0 Å². The van der Waals surface area contributed by atoms with Crippen molar-refractivity contribution < 1.29 is 9.84 Å². The molecule has 0 atom stereocenters. The summed E-state index contributed by atoms with van der Waals surface area (Å²) in [5.74, 6) is 0. The average molecular weight is 185 g/mol. The first-order valence-corrected chi connectivity index (χ1v) is 4.79. The largest absolute Gasteiger partial charge is 0.384 e. The average Bonchev–Trinajstić information content (AvgIpc) is 2.64. The molecule has 1 heterocycles. The van der Waals surface area contributed by atoms with Gasteiger partial charge >= 0.3 is 0 Å². The summed E-state index contributed by atoms with van der Waals surface area (Å²) in [4.78, 5) is 4.28. The van der Waals surface area contributed by atoms with Crippen LogP contribution in [0.1, 0.15) is 23.5 Å². The van der Waals surface area contributed by atoms with E-state index in [9.17, 15) is 5.11 Å². The molecule has 1 saturated carbocycles. The van der Waals surface area contributed by atoms with Gasteiger partial charge in [-0.2, -0.15) is 0 Å². The lowest BCUT2D eigenvalue weighted by molar-refractivity contribution is 0.145. The summed E-state index contributed by atoms with van der Waals surface area (Å²) in [7, 11) is 1.65. The Labute approximate surface area is 75.0 Å². The van der Waals surface area contributed by atoms with Crippen molar-refractivity contribution in [2.24, 2.45) is 0 Å². The van der Waals surface area contributed by atoms with Crippen LogP contribution in [0.4, 0.5) is 0 Å². The second-order valence-corrected chi connectivity index (χ2v) is 4.03. The van der Waals surface area contributed by atoms with Gasteiger partial charge in [-0.25, -0.2) is 4.98 Å². The van der Waals surface area contributed by atoms with E-state index in [0.29, 0.717) is 6.61 Å². The minimum atomic E-state index is -0.595. The summed E-state index contributed by atoms with van der Waals surface area (Å²) in [6.07, 6.45) is 1.70. The van der Waals surface area contributed by atoms with Crippen LogP contribution in [0.5, 0.6) is 0 Å². The molecular weight excluding hydrogens is 174 g/mol. The van der Waals surface area contributed by atoms with E-state index in [1.165, 1.54) is 0 Å². The third-order valence-electron chi connectivity index (χ3n) is 2.02. The molecule has 0 unspecified atom stereocenters. The second-order valence-electron chi connectivity index (χ2n) is 3.09. The van der Waals surface area contributed by atoms with Crippen LogP contribution in [-0.2, 0) is 16.9 Å². The SMILES string of the molecule is COCc1nc(C2(O)CC2)cs1. The van der Waals surface area contributed by atoms with E-state index >= 15 is 0 Å². The number of hydrogen-bond acceptors (Lipinski definition) is 4. The van der Waals surface area contributed by atoms with Crippen LogP contribution in [0.2, 0.25) is 0 Å². The molecule has 1 aromatic rings. The van der Waals surface area contributed by atoms with Crippen molar-refractivity contribution in [1.82, 2.24) is 4.98 Å². The highest BCUT2D eigenvalue weighted by Crippen LogP contribution is 2.45. The van der Waals surface area contributed by atoms with Crippen molar-refractivity contribution in [3.05, 3.63) is 16.1 Å². The van der Waals surface area contributed by atoms with E-state index < -0.39 is 5.60 Å². The zero-order valence-electron chi connectivity index (χ0n) is 6.91. The van der Waals surface area contributed by atoms with Crippen molar-refractivity contribution in [2.75, 3.05) is 7.11 Å². The summed E-state index contributed by atoms with van der Waals surface area (Å²) in [5, 5.41) is 12.5. The smallest absolute Gasteiger partial charge is 0.119 e. The Morgan fingerprint density at radius 1 is 1.75 bits per heavy atom. The maximum Gasteiger partial charge on any atom is 0.119 e. The molecule has 0 spiro atoms. The Morgan fingerprint density at radius 3 is 3.08 bits per heavy atom. The van der Waals surface area contributed by atoms with E-state index in [0.717, 1.165) is 23.5 Å². The Morgan fingerprint density at radius 2 is 2.50 bits per heavy atom. The van der Waals surface area contributed by atoms with Gasteiger partial charge in [0.1, 0.15) is 10.6 Å². The second kappa shape index (κ2) is 2.80. The normalized spacial score (nSPS) is 19.5. The van der Waals surface area contributed by atoms with Gasteiger partial charge in [0, 0.05) is 12.5 Å². The van der Waals surface area contributed by atoms with Crippen molar-refractivity contribution in [1.29, 1.82) is 0 Å². The zero-order valence-corrected chi connectivity index (χ0v) is 7.73. The van der Waals surface area contributed by atoms with Gasteiger partial charge in [0.15, 0.2) is 0 Å². The molecular formula is C8H11NO2S. The number of aliphatic hydroxyl groups is 1. The van der Waals surface area contributed by atoms with Crippen molar-refractivity contribution in [3.63, 3.8) is 0 Å². The molecule has 0 aliphatic heterocycles. The minimum Gasteiger partial charge on any atom is -0.384 e. The molecule has 66 valence electrons. The highest BCUT2D eigenvalue weighted by Gasteiger charge is 2.44. The molecule has 1 aliphatic rings. The molecule has 1 fully saturated rings. The van der Waals surface area contributed by atoms with Crippen LogP contribution in [0.15, 0.2) is 5.38 Å². The van der Waals surface area contributed by atoms with E-state index in [2.05, 4.69) is 4.98 Å². The number of hydrogen-bond donors (Lipinski definition) is 1. The summed E-state index contributed by atoms with van der Waals surface area (Å²) >= 11 is 1.54. The predicted octanol–water partition coefficient (Wildman–Crippen LogP) is 1.27. The molecule has 1 aromatic heterocycles. The van der Waals surface area contributed by atoms with Crippen molar-refractivity contribution >= 4 is 11.3 Å². The van der Waals surface area contributed by atoms with Crippen LogP contribution >= 0.6 is 11.3 Å². The number of rotatable bonds is 3. The van der Waals surface area contributed by atoms with Crippen molar-refractivity contribution in [3.8, 4) is 0 Å². The number of nitrogens with zero attached hydrogens (tertiary/aromatic N) is 1. The first-order valence-electron chi connectivity index (χ1n) is 3.91. The van der Waals surface area contributed by atoms with Gasteiger partial charge in [-0.15, -0.1) is 11.3 Å². The first kappa shape index (κ1) is 8.16. The third-order valence-corrected chi connectivity index (χ3v) is 2.84. The van der Waals surface area contributed by atoms with E-state index in [4.69, 9.17) is 4.74 Å². The van der Waals surface area contributed by atoms with Gasteiger partial charge in [0.05, 0.1) is 12.3 Å². The molecule has 12 heavy (non-hydrogen) atoms. The molecule has 3 nitrogen and oxygen atoms in total. The maximum absolute atomic E-state index is 9.69. The number of methoxy groups -OCH3 is 1. The third kappa shape index (κ3) is 1.37. The molecule has 0 radical (unpaired) electrons. The fourth-order valence-electron chi connectivity index (χ4n) is 1.09. The van der Waals surface area contributed by atoms with Crippen LogP contribution in [0.25, 0.3) is 0 Å². The molecule has 0 amide bonds. The summed E-state index contributed by atoms with van der Waals surface area (Å²) in [5.41, 5.74) is 0.224. The van der Waals surface area contributed by atoms with E-state index in [1.807, 2.05) is 5.38 Å². The lowest BCUT2D eigenvalue weighted by Gasteiger charge is -2.00. The topological polar surface area (TPSA) is 42.4 Å². The Hall–Kier alpha value is -0.450. The number of aromatic nitrogens is 1. The summed E-state index contributed by atoms with van der Waals surface area (Å²) in [6, 6.07) is 0. The Bertz CT molecular complexity index is 280. The Balaban J connectivity index is 2.13. The number of thiazole rings is 1. The molecule has 0 bridgehead atoms. The molecule has 1 aliphatic carbocycles. The van der Waals surface area contributed by atoms with Crippen LogP contribution in [0, 0.1) is 0 Å². The fourth-order valence-corrected chi connectivity index (χ4v) is 1.95. The quantitative estimate of drug-likeness (QED) is 0.771. The van der Waals surface area contributed by atoms with Gasteiger partial charge in [-0.3, -0.25) is 0 Å². The van der Waals surface area contributed by atoms with Crippen LogP contribution in [-0.4, -0.2) is 17.2 Å². The van der Waals surface area contributed by atoms with Gasteiger partial charge < -0.3 is 9.84 Å². The zero-order chi connectivity index (χ0) is 8.60. The number of ether oxygens (including phenoxy) is 1. The lowest BCUT2D eigenvalue weighted by Crippen LogP contribution is -2.04. The van der Waals surface area contributed by atoms with Gasteiger partial charge in [0.25, 0.3) is 0 Å². The molecule has 1 N–H and O–H groups in total. The standard InChI is InChI=1S/C8H11NO2S/c1-11-4-7-9-6(5-12-7)8(10)2-3-8/h5,10H,2-4H2,1H3. The lowest BCUT2D eigenvalue weighted by atomic mass is 10.3. The molecule has 0 saturated heterocycles. The van der Waals surface area contributed by atoms with Crippen LogP contribution in [0.3, 0.4) is 0 Å². The van der Waals surface area contributed by atoms with Gasteiger partial charge in [-0.1, -0.05) is 0 Å². The molecule has 2 rings (SSSR count). The first-order chi connectivity index (χ1) is 5.74. The fraction of sp³-hybridized carbons (Fsp3) is 0.625. The highest BCUT2D eigenvalue weighted by atomic mass is 32.1. The van der Waals surface area contributed by atoms with E-state index in [1.54, 1.807) is 18.4 Å². The minimum absolute atomic E-state index is 0.542. The summed E-state index contributed by atoms with van der Waals surface area (Å²) in [6.45, 7) is 0.542. The van der Waals surface area contributed by atoms with Gasteiger partial charge in [0.2, 0.25) is 0 Å². The monoisotopic (exact) mass is 185 g/mol. The van der Waals surface area contributed by atoms with E-state index in [-0.39, 0.29) is 0 Å². The highest BCUT2D eigenvalue weighted by molar-refractivity contribution is 7.09. The Kier molecular flexibility index (Phi) is 1.90. The maximum atomic E-state index is 9.69. The molecule has 4 heteroatoms. The van der Waals surface area contributed by atoms with Crippen LogP contribution < -0.4 is 0 Å².